The van der Waals surface area contributed by atoms with E-state index in [-0.39, 0.29) is 10.9 Å². The van der Waals surface area contributed by atoms with E-state index in [0.717, 1.165) is 24.8 Å². The van der Waals surface area contributed by atoms with E-state index < -0.39 is 10.0 Å². The zero-order chi connectivity index (χ0) is 16.8. The summed E-state index contributed by atoms with van der Waals surface area (Å²) in [5, 5.41) is 0.422. The molecule has 126 valence electrons. The summed E-state index contributed by atoms with van der Waals surface area (Å²) < 4.78 is 33.4. The number of halogens is 1. The molecular formula is C16H26ClNO3S. The van der Waals surface area contributed by atoms with E-state index in [4.69, 9.17) is 16.3 Å². The van der Waals surface area contributed by atoms with E-state index in [1.807, 2.05) is 20.8 Å². The fraction of sp³-hybridized carbons (Fsp3) is 0.625. The van der Waals surface area contributed by atoms with Crippen LogP contribution in [0.2, 0.25) is 5.02 Å². The lowest BCUT2D eigenvalue weighted by molar-refractivity contribution is 0.298. The van der Waals surface area contributed by atoms with Crippen molar-refractivity contribution in [1.82, 2.24) is 4.72 Å². The number of nitrogens with one attached hydrogen (secondary N) is 1. The van der Waals surface area contributed by atoms with Crippen LogP contribution >= 0.6 is 11.6 Å². The summed E-state index contributed by atoms with van der Waals surface area (Å²) in [6.45, 7) is 8.20. The van der Waals surface area contributed by atoms with Gasteiger partial charge in [0.25, 0.3) is 0 Å². The number of sulfonamides is 1. The molecule has 0 unspecified atom stereocenters. The number of unbranched alkanes of at least 4 members (excludes halogenated alkanes) is 2. The summed E-state index contributed by atoms with van der Waals surface area (Å²) in [7, 11) is -3.64. The fourth-order valence-corrected chi connectivity index (χ4v) is 3.61. The number of aryl methyl sites for hydroxylation is 1. The quantitative estimate of drug-likeness (QED) is 0.678. The average Bonchev–Trinajstić information content (AvgIpc) is 2.46. The number of ether oxygens (including phenoxy) is 1. The van der Waals surface area contributed by atoms with E-state index >= 15 is 0 Å². The van der Waals surface area contributed by atoms with Crippen molar-refractivity contribution in [3.63, 3.8) is 0 Å². The first kappa shape index (κ1) is 19.3. The van der Waals surface area contributed by atoms with Gasteiger partial charge in [0.2, 0.25) is 10.0 Å². The van der Waals surface area contributed by atoms with Crippen LogP contribution in [-0.4, -0.2) is 21.1 Å². The molecule has 0 saturated carbocycles. The first-order chi connectivity index (χ1) is 10.3. The largest absolute Gasteiger partial charge is 0.492 e. The van der Waals surface area contributed by atoms with Gasteiger partial charge in [0.15, 0.2) is 0 Å². The molecule has 0 saturated heterocycles. The van der Waals surface area contributed by atoms with Crippen LogP contribution in [0.15, 0.2) is 17.0 Å². The van der Waals surface area contributed by atoms with Gasteiger partial charge in [0.05, 0.1) is 6.61 Å². The summed E-state index contributed by atoms with van der Waals surface area (Å²) in [5.41, 5.74) is 0.801. The maximum Gasteiger partial charge on any atom is 0.244 e. The van der Waals surface area contributed by atoms with E-state index in [0.29, 0.717) is 23.8 Å². The molecule has 0 aromatic heterocycles. The van der Waals surface area contributed by atoms with E-state index in [2.05, 4.69) is 11.6 Å². The molecule has 0 aliphatic heterocycles. The highest BCUT2D eigenvalue weighted by Gasteiger charge is 2.23. The van der Waals surface area contributed by atoms with Crippen LogP contribution < -0.4 is 9.46 Å². The molecule has 6 heteroatoms. The standard InChI is InChI=1S/C16H26ClNO3S/c1-5-7-8-9-21-15-10-12(3)14(17)11-16(15)22(19,20)18-13(4)6-2/h10-11,13,18H,5-9H2,1-4H3/t13-/m1/s1. The predicted molar refractivity (Wildman–Crippen MR) is 91.3 cm³/mol. The Morgan fingerprint density at radius 2 is 1.95 bits per heavy atom. The van der Waals surface area contributed by atoms with Crippen LogP contribution in [0, 0.1) is 6.92 Å². The summed E-state index contributed by atoms with van der Waals surface area (Å²) in [6, 6.07) is 3.02. The summed E-state index contributed by atoms with van der Waals surface area (Å²) in [6.07, 6.45) is 3.76. The van der Waals surface area contributed by atoms with Gasteiger partial charge < -0.3 is 4.74 Å². The van der Waals surface area contributed by atoms with Crippen LogP contribution in [0.3, 0.4) is 0 Å². The molecule has 1 aromatic carbocycles. The normalized spacial score (nSPS) is 13.1. The fourth-order valence-electron chi connectivity index (χ4n) is 1.91. The maximum absolute atomic E-state index is 12.5. The van der Waals surface area contributed by atoms with Gasteiger partial charge in [0.1, 0.15) is 10.6 Å². The highest BCUT2D eigenvalue weighted by atomic mass is 35.5. The van der Waals surface area contributed by atoms with Crippen molar-refractivity contribution in [3.8, 4) is 5.75 Å². The summed E-state index contributed by atoms with van der Waals surface area (Å²) >= 11 is 6.10. The van der Waals surface area contributed by atoms with Crippen molar-refractivity contribution in [2.24, 2.45) is 0 Å². The third-order valence-corrected chi connectivity index (χ3v) is 5.51. The molecule has 1 rings (SSSR count). The Bertz CT molecular complexity index is 587. The molecular weight excluding hydrogens is 322 g/mol. The molecule has 1 aromatic rings. The zero-order valence-corrected chi connectivity index (χ0v) is 15.4. The number of hydrogen-bond donors (Lipinski definition) is 1. The molecule has 0 aliphatic rings. The Morgan fingerprint density at radius 1 is 1.27 bits per heavy atom. The van der Waals surface area contributed by atoms with E-state index in [9.17, 15) is 8.42 Å². The van der Waals surface area contributed by atoms with Gasteiger partial charge in [-0.2, -0.15) is 0 Å². The van der Waals surface area contributed by atoms with Gasteiger partial charge in [-0.15, -0.1) is 0 Å². The Kier molecular flexibility index (Phi) is 7.66. The minimum absolute atomic E-state index is 0.111. The SMILES string of the molecule is CCCCCOc1cc(C)c(Cl)cc1S(=O)(=O)N[C@H](C)CC. The molecule has 0 fully saturated rings. The van der Waals surface area contributed by atoms with Gasteiger partial charge in [-0.05, 0) is 44.4 Å². The van der Waals surface area contributed by atoms with Gasteiger partial charge in [0, 0.05) is 11.1 Å². The second-order valence-electron chi connectivity index (χ2n) is 5.53. The van der Waals surface area contributed by atoms with E-state index in [1.54, 1.807) is 6.07 Å². The molecule has 0 amide bonds. The zero-order valence-electron chi connectivity index (χ0n) is 13.8. The van der Waals surface area contributed by atoms with Gasteiger partial charge in [-0.3, -0.25) is 0 Å². The van der Waals surface area contributed by atoms with Crippen molar-refractivity contribution in [2.75, 3.05) is 6.61 Å². The Hall–Kier alpha value is -0.780. The molecule has 22 heavy (non-hydrogen) atoms. The molecule has 0 radical (unpaired) electrons. The van der Waals surface area contributed by atoms with E-state index in [1.165, 1.54) is 6.07 Å². The highest BCUT2D eigenvalue weighted by molar-refractivity contribution is 7.89. The van der Waals surface area contributed by atoms with Gasteiger partial charge in [-0.1, -0.05) is 38.3 Å². The van der Waals surface area contributed by atoms with Crippen molar-refractivity contribution < 1.29 is 13.2 Å². The second-order valence-corrected chi connectivity index (χ2v) is 7.62. The molecule has 1 N–H and O–H groups in total. The van der Waals surface area contributed by atoms with Crippen molar-refractivity contribution in [2.45, 2.75) is 64.3 Å². The summed E-state index contributed by atoms with van der Waals surface area (Å²) in [5.74, 6) is 0.369. The van der Waals surface area contributed by atoms with Crippen LogP contribution in [0.5, 0.6) is 5.75 Å². The smallest absolute Gasteiger partial charge is 0.244 e. The number of rotatable bonds is 9. The molecule has 0 spiro atoms. The number of hydrogen-bond acceptors (Lipinski definition) is 3. The first-order valence-corrected chi connectivity index (χ1v) is 9.63. The van der Waals surface area contributed by atoms with Gasteiger partial charge in [-0.25, -0.2) is 13.1 Å². The topological polar surface area (TPSA) is 55.4 Å². The molecule has 0 aliphatic carbocycles. The van der Waals surface area contributed by atoms with Crippen LogP contribution in [-0.2, 0) is 10.0 Å². The van der Waals surface area contributed by atoms with Crippen LogP contribution in [0.1, 0.15) is 52.0 Å². The molecule has 0 heterocycles. The van der Waals surface area contributed by atoms with Gasteiger partial charge >= 0.3 is 0 Å². The third-order valence-electron chi connectivity index (χ3n) is 3.49. The monoisotopic (exact) mass is 347 g/mol. The Balaban J connectivity index is 3.07. The predicted octanol–water partition coefficient (Wildman–Crippen LogP) is 4.29. The lowest BCUT2D eigenvalue weighted by atomic mass is 10.2. The van der Waals surface area contributed by atoms with Crippen molar-refractivity contribution in [1.29, 1.82) is 0 Å². The minimum atomic E-state index is -3.64. The first-order valence-electron chi connectivity index (χ1n) is 7.77. The highest BCUT2D eigenvalue weighted by Crippen LogP contribution is 2.30. The Labute approximate surface area is 139 Å². The van der Waals surface area contributed by atoms with Crippen molar-refractivity contribution in [3.05, 3.63) is 22.7 Å². The minimum Gasteiger partial charge on any atom is -0.492 e. The van der Waals surface area contributed by atoms with Crippen LogP contribution in [0.4, 0.5) is 0 Å². The Morgan fingerprint density at radius 3 is 2.55 bits per heavy atom. The lowest BCUT2D eigenvalue weighted by Crippen LogP contribution is -2.32. The van der Waals surface area contributed by atoms with Crippen molar-refractivity contribution >= 4 is 21.6 Å². The van der Waals surface area contributed by atoms with Crippen LogP contribution in [0.25, 0.3) is 0 Å². The molecule has 1 atom stereocenters. The lowest BCUT2D eigenvalue weighted by Gasteiger charge is -2.17. The summed E-state index contributed by atoms with van der Waals surface area (Å²) in [4.78, 5) is 0.111. The maximum atomic E-state index is 12.5. The third kappa shape index (κ3) is 5.45. The molecule has 4 nitrogen and oxygen atoms in total. The number of benzene rings is 1. The average molecular weight is 348 g/mol. The molecule has 0 bridgehead atoms. The second kappa shape index (κ2) is 8.75.